The number of anilines is 1. The fourth-order valence-corrected chi connectivity index (χ4v) is 3.16. The maximum Gasteiger partial charge on any atom is 0.147 e. The molecule has 0 N–H and O–H groups in total. The van der Waals surface area contributed by atoms with Crippen LogP contribution in [0.5, 0.6) is 5.75 Å². The third kappa shape index (κ3) is 4.38. The Morgan fingerprint density at radius 2 is 2.24 bits per heavy atom. The Kier molecular flexibility index (Phi) is 5.37. The van der Waals surface area contributed by atoms with Gasteiger partial charge in [-0.3, -0.25) is 4.98 Å². The first-order valence-corrected chi connectivity index (χ1v) is 8.50. The van der Waals surface area contributed by atoms with Gasteiger partial charge in [-0.25, -0.2) is 4.98 Å². The number of aromatic nitrogens is 2. The lowest BCUT2D eigenvalue weighted by molar-refractivity contribution is 0.224. The lowest BCUT2D eigenvalue weighted by atomic mass is 10.3. The zero-order valence-electron chi connectivity index (χ0n) is 14.3. The van der Waals surface area contributed by atoms with Gasteiger partial charge in [-0.15, -0.1) is 0 Å². The largest absolute Gasteiger partial charge is 0.488 e. The van der Waals surface area contributed by atoms with Gasteiger partial charge in [0.2, 0.25) is 0 Å². The maximum atomic E-state index is 8.91. The minimum atomic E-state index is 0.0723. The standard InChI is InChI=1S/C18H20ClN5O/c1-23(2)11-14-8-15(3-5-21-14)25-16-4-6-24(12-16)18-17(19)7-13(9-20)10-22-18/h3,5,7-8,10,16H,4,6,11-12H2,1-2H3. The highest BCUT2D eigenvalue weighted by atomic mass is 35.5. The van der Waals surface area contributed by atoms with E-state index in [9.17, 15) is 0 Å². The van der Waals surface area contributed by atoms with E-state index in [1.54, 1.807) is 18.5 Å². The Hall–Kier alpha value is -2.36. The Labute approximate surface area is 152 Å². The average molecular weight is 358 g/mol. The van der Waals surface area contributed by atoms with Crippen LogP contribution >= 0.6 is 11.6 Å². The van der Waals surface area contributed by atoms with Crippen LogP contribution in [-0.2, 0) is 6.54 Å². The summed E-state index contributed by atoms with van der Waals surface area (Å²) in [5.41, 5.74) is 1.44. The first-order chi connectivity index (χ1) is 12.0. The lowest BCUT2D eigenvalue weighted by Crippen LogP contribution is -2.25. The van der Waals surface area contributed by atoms with Crippen LogP contribution in [0.15, 0.2) is 30.6 Å². The molecule has 1 atom stereocenters. The SMILES string of the molecule is CN(C)Cc1cc(OC2CCN(c3ncc(C#N)cc3Cl)C2)ccn1. The summed E-state index contributed by atoms with van der Waals surface area (Å²) < 4.78 is 6.11. The molecule has 0 saturated carbocycles. The molecule has 3 rings (SSSR count). The molecule has 0 aromatic carbocycles. The van der Waals surface area contributed by atoms with Crippen molar-refractivity contribution in [1.29, 1.82) is 5.26 Å². The normalized spacial score (nSPS) is 16.9. The molecule has 2 aromatic rings. The predicted octanol–water partition coefficient (Wildman–Crippen LogP) is 2.72. The van der Waals surface area contributed by atoms with E-state index >= 15 is 0 Å². The molecule has 130 valence electrons. The molecule has 1 unspecified atom stereocenters. The number of halogens is 1. The average Bonchev–Trinajstić information content (AvgIpc) is 3.02. The monoisotopic (exact) mass is 357 g/mol. The van der Waals surface area contributed by atoms with Crippen molar-refractivity contribution in [3.8, 4) is 11.8 Å². The Morgan fingerprint density at radius 1 is 1.40 bits per heavy atom. The lowest BCUT2D eigenvalue weighted by Gasteiger charge is -2.19. The molecule has 2 aromatic heterocycles. The Morgan fingerprint density at radius 3 is 2.96 bits per heavy atom. The molecule has 1 saturated heterocycles. The van der Waals surface area contributed by atoms with E-state index in [2.05, 4.69) is 19.8 Å². The fourth-order valence-electron chi connectivity index (χ4n) is 2.87. The first-order valence-electron chi connectivity index (χ1n) is 8.12. The second-order valence-corrected chi connectivity index (χ2v) is 6.74. The number of hydrogen-bond donors (Lipinski definition) is 0. The first kappa shape index (κ1) is 17.5. The van der Waals surface area contributed by atoms with Crippen LogP contribution in [0.4, 0.5) is 5.82 Å². The number of rotatable bonds is 5. The molecule has 7 heteroatoms. The molecule has 6 nitrogen and oxygen atoms in total. The number of nitrogens with zero attached hydrogens (tertiary/aromatic N) is 5. The predicted molar refractivity (Wildman–Crippen MR) is 96.8 cm³/mol. The van der Waals surface area contributed by atoms with E-state index in [0.29, 0.717) is 22.9 Å². The van der Waals surface area contributed by atoms with Gasteiger partial charge in [0.05, 0.1) is 22.8 Å². The van der Waals surface area contributed by atoms with Crippen LogP contribution in [0.2, 0.25) is 5.02 Å². The van der Waals surface area contributed by atoms with Gasteiger partial charge in [-0.05, 0) is 26.2 Å². The molecular weight excluding hydrogens is 338 g/mol. The summed E-state index contributed by atoms with van der Waals surface area (Å²) in [5, 5.41) is 9.41. The topological polar surface area (TPSA) is 65.3 Å². The summed E-state index contributed by atoms with van der Waals surface area (Å²) in [6, 6.07) is 7.56. The van der Waals surface area contributed by atoms with E-state index < -0.39 is 0 Å². The zero-order valence-corrected chi connectivity index (χ0v) is 15.1. The van der Waals surface area contributed by atoms with Crippen molar-refractivity contribution in [1.82, 2.24) is 14.9 Å². The van der Waals surface area contributed by atoms with Gasteiger partial charge in [0.25, 0.3) is 0 Å². The Bertz CT molecular complexity index is 789. The second kappa shape index (κ2) is 7.68. The van der Waals surface area contributed by atoms with Crippen LogP contribution in [-0.4, -0.2) is 48.2 Å². The molecule has 0 aliphatic carbocycles. The minimum Gasteiger partial charge on any atom is -0.488 e. The summed E-state index contributed by atoms with van der Waals surface area (Å²) in [6.45, 7) is 2.31. The van der Waals surface area contributed by atoms with Crippen molar-refractivity contribution >= 4 is 17.4 Å². The summed E-state index contributed by atoms with van der Waals surface area (Å²) >= 11 is 6.26. The molecule has 0 radical (unpaired) electrons. The van der Waals surface area contributed by atoms with E-state index in [-0.39, 0.29) is 6.10 Å². The van der Waals surface area contributed by atoms with Crippen LogP contribution < -0.4 is 9.64 Å². The van der Waals surface area contributed by atoms with Gasteiger partial charge < -0.3 is 14.5 Å². The smallest absolute Gasteiger partial charge is 0.147 e. The highest BCUT2D eigenvalue weighted by Gasteiger charge is 2.26. The van der Waals surface area contributed by atoms with Gasteiger partial charge in [-0.2, -0.15) is 5.26 Å². The number of nitriles is 1. The van der Waals surface area contributed by atoms with Crippen LogP contribution in [0.3, 0.4) is 0 Å². The fraction of sp³-hybridized carbons (Fsp3) is 0.389. The third-order valence-electron chi connectivity index (χ3n) is 3.96. The van der Waals surface area contributed by atoms with Gasteiger partial charge in [0.1, 0.15) is 23.7 Å². The van der Waals surface area contributed by atoms with Crippen molar-refractivity contribution < 1.29 is 4.74 Å². The van der Waals surface area contributed by atoms with Gasteiger partial charge in [-0.1, -0.05) is 11.6 Å². The Balaban J connectivity index is 1.65. The summed E-state index contributed by atoms with van der Waals surface area (Å²) in [6.07, 6.45) is 4.29. The molecule has 0 bridgehead atoms. The quantitative estimate of drug-likeness (QED) is 0.819. The molecular formula is C18H20ClN5O. The molecule has 0 amide bonds. The zero-order chi connectivity index (χ0) is 17.8. The molecule has 1 aliphatic rings. The van der Waals surface area contributed by atoms with E-state index in [1.807, 2.05) is 32.3 Å². The summed E-state index contributed by atoms with van der Waals surface area (Å²) in [7, 11) is 4.02. The molecule has 0 spiro atoms. The number of ether oxygens (including phenoxy) is 1. The summed E-state index contributed by atoms with van der Waals surface area (Å²) in [4.78, 5) is 12.8. The summed E-state index contributed by atoms with van der Waals surface area (Å²) in [5.74, 6) is 1.53. The highest BCUT2D eigenvalue weighted by Crippen LogP contribution is 2.28. The molecule has 1 aliphatic heterocycles. The molecule has 25 heavy (non-hydrogen) atoms. The van der Waals surface area contributed by atoms with E-state index in [4.69, 9.17) is 21.6 Å². The van der Waals surface area contributed by atoms with Crippen molar-refractivity contribution in [2.75, 3.05) is 32.1 Å². The van der Waals surface area contributed by atoms with Crippen molar-refractivity contribution in [2.24, 2.45) is 0 Å². The number of pyridine rings is 2. The van der Waals surface area contributed by atoms with Crippen molar-refractivity contribution in [3.05, 3.63) is 46.9 Å². The van der Waals surface area contributed by atoms with Crippen LogP contribution in [0.1, 0.15) is 17.7 Å². The third-order valence-corrected chi connectivity index (χ3v) is 4.24. The van der Waals surface area contributed by atoms with Crippen molar-refractivity contribution in [2.45, 2.75) is 19.1 Å². The van der Waals surface area contributed by atoms with Crippen LogP contribution in [0.25, 0.3) is 0 Å². The van der Waals surface area contributed by atoms with Crippen LogP contribution in [0, 0.1) is 11.3 Å². The molecule has 3 heterocycles. The highest BCUT2D eigenvalue weighted by molar-refractivity contribution is 6.33. The van der Waals surface area contributed by atoms with E-state index in [1.165, 1.54) is 0 Å². The van der Waals surface area contributed by atoms with E-state index in [0.717, 1.165) is 31.0 Å². The van der Waals surface area contributed by atoms with Gasteiger partial charge in [0, 0.05) is 38.0 Å². The molecule has 1 fully saturated rings. The second-order valence-electron chi connectivity index (χ2n) is 6.34. The maximum absolute atomic E-state index is 8.91. The minimum absolute atomic E-state index is 0.0723. The van der Waals surface area contributed by atoms with Crippen molar-refractivity contribution in [3.63, 3.8) is 0 Å². The van der Waals surface area contributed by atoms with Gasteiger partial charge >= 0.3 is 0 Å². The number of hydrogen-bond acceptors (Lipinski definition) is 6. The van der Waals surface area contributed by atoms with Gasteiger partial charge in [0.15, 0.2) is 0 Å².